The number of hydrogen-bond acceptors (Lipinski definition) is 3. The molecule has 0 aliphatic carbocycles. The van der Waals surface area contributed by atoms with Crippen molar-refractivity contribution in [3.05, 3.63) is 50.1 Å². The van der Waals surface area contributed by atoms with Crippen LogP contribution in [0, 0.1) is 0 Å². The molecule has 0 spiro atoms. The first-order chi connectivity index (χ1) is 10.2. The standard InChI is InChI=1S/C16H19Cl2NOS/c1-3-7-19-14(16-15(20-2)6-8-21-16)10-11-9-12(17)4-5-13(11)18/h4-6,8-9,14,19H,3,7,10H2,1-2H3. The number of ether oxygens (including phenoxy) is 1. The van der Waals surface area contributed by atoms with Gasteiger partial charge < -0.3 is 10.1 Å². The van der Waals surface area contributed by atoms with Crippen LogP contribution in [0.5, 0.6) is 5.75 Å². The first-order valence-corrected chi connectivity index (χ1v) is 8.58. The third kappa shape index (κ3) is 4.36. The number of rotatable bonds is 7. The fraction of sp³-hybridized carbons (Fsp3) is 0.375. The van der Waals surface area contributed by atoms with Gasteiger partial charge in [-0.15, -0.1) is 11.3 Å². The van der Waals surface area contributed by atoms with Gasteiger partial charge in [0, 0.05) is 16.1 Å². The van der Waals surface area contributed by atoms with Gasteiger partial charge in [-0.2, -0.15) is 0 Å². The van der Waals surface area contributed by atoms with E-state index in [2.05, 4.69) is 12.2 Å². The highest BCUT2D eigenvalue weighted by Crippen LogP contribution is 2.34. The fourth-order valence-corrected chi connectivity index (χ4v) is 3.55. The summed E-state index contributed by atoms with van der Waals surface area (Å²) in [5.74, 6) is 0.923. The quantitative estimate of drug-likeness (QED) is 0.731. The van der Waals surface area contributed by atoms with E-state index in [9.17, 15) is 0 Å². The summed E-state index contributed by atoms with van der Waals surface area (Å²) in [5, 5.41) is 7.08. The number of methoxy groups -OCH3 is 1. The van der Waals surface area contributed by atoms with Gasteiger partial charge in [-0.05, 0) is 54.6 Å². The highest BCUT2D eigenvalue weighted by Gasteiger charge is 2.19. The molecule has 1 N–H and O–H groups in total. The van der Waals surface area contributed by atoms with Gasteiger partial charge in [0.2, 0.25) is 0 Å². The van der Waals surface area contributed by atoms with Crippen molar-refractivity contribution in [2.45, 2.75) is 25.8 Å². The van der Waals surface area contributed by atoms with E-state index in [0.29, 0.717) is 5.02 Å². The molecule has 1 aromatic carbocycles. The van der Waals surface area contributed by atoms with Gasteiger partial charge in [0.25, 0.3) is 0 Å². The van der Waals surface area contributed by atoms with Crippen molar-refractivity contribution < 1.29 is 4.74 Å². The zero-order valence-corrected chi connectivity index (χ0v) is 14.5. The minimum Gasteiger partial charge on any atom is -0.496 e. The maximum absolute atomic E-state index is 6.30. The molecular weight excluding hydrogens is 325 g/mol. The number of hydrogen-bond donors (Lipinski definition) is 1. The summed E-state index contributed by atoms with van der Waals surface area (Å²) in [7, 11) is 1.70. The third-order valence-corrected chi connectivity index (χ3v) is 4.88. The molecule has 0 saturated heterocycles. The molecular formula is C16H19Cl2NOS. The molecule has 0 aliphatic rings. The SMILES string of the molecule is CCCNC(Cc1cc(Cl)ccc1Cl)c1sccc1OC. The number of nitrogens with one attached hydrogen (secondary N) is 1. The van der Waals surface area contributed by atoms with Gasteiger partial charge in [-0.25, -0.2) is 0 Å². The van der Waals surface area contributed by atoms with Gasteiger partial charge in [0.05, 0.1) is 12.0 Å². The van der Waals surface area contributed by atoms with Crippen LogP contribution in [0.4, 0.5) is 0 Å². The van der Waals surface area contributed by atoms with Crippen LogP contribution < -0.4 is 10.1 Å². The Morgan fingerprint density at radius 3 is 2.81 bits per heavy atom. The Bertz CT molecular complexity index is 585. The van der Waals surface area contributed by atoms with E-state index in [4.69, 9.17) is 27.9 Å². The topological polar surface area (TPSA) is 21.3 Å². The van der Waals surface area contributed by atoms with Crippen LogP contribution in [0.3, 0.4) is 0 Å². The minimum absolute atomic E-state index is 0.177. The summed E-state index contributed by atoms with van der Waals surface area (Å²) >= 11 is 14.1. The van der Waals surface area contributed by atoms with Crippen LogP contribution >= 0.6 is 34.5 Å². The van der Waals surface area contributed by atoms with Gasteiger partial charge >= 0.3 is 0 Å². The van der Waals surface area contributed by atoms with E-state index in [1.165, 1.54) is 4.88 Å². The summed E-state index contributed by atoms with van der Waals surface area (Å²) < 4.78 is 5.45. The van der Waals surface area contributed by atoms with Gasteiger partial charge in [-0.3, -0.25) is 0 Å². The van der Waals surface area contributed by atoms with Crippen molar-refractivity contribution >= 4 is 34.5 Å². The van der Waals surface area contributed by atoms with Gasteiger partial charge in [-0.1, -0.05) is 30.1 Å². The Kier molecular flexibility index (Phi) is 6.37. The van der Waals surface area contributed by atoms with E-state index in [-0.39, 0.29) is 6.04 Å². The molecule has 2 aromatic rings. The average molecular weight is 344 g/mol. The maximum Gasteiger partial charge on any atom is 0.134 e. The summed E-state index contributed by atoms with van der Waals surface area (Å²) in [6, 6.07) is 7.77. The van der Waals surface area contributed by atoms with Crippen molar-refractivity contribution in [1.82, 2.24) is 5.32 Å². The van der Waals surface area contributed by atoms with E-state index in [0.717, 1.165) is 35.7 Å². The van der Waals surface area contributed by atoms with Crippen molar-refractivity contribution in [2.75, 3.05) is 13.7 Å². The number of benzene rings is 1. The predicted molar refractivity (Wildman–Crippen MR) is 92.1 cm³/mol. The normalized spacial score (nSPS) is 12.4. The maximum atomic E-state index is 6.30. The second-order valence-electron chi connectivity index (χ2n) is 4.80. The average Bonchev–Trinajstić information content (AvgIpc) is 2.95. The largest absolute Gasteiger partial charge is 0.496 e. The molecule has 1 aromatic heterocycles. The monoisotopic (exact) mass is 343 g/mol. The highest BCUT2D eigenvalue weighted by molar-refractivity contribution is 7.10. The van der Waals surface area contributed by atoms with Crippen LogP contribution in [0.1, 0.15) is 29.8 Å². The first kappa shape index (κ1) is 16.6. The second kappa shape index (κ2) is 8.04. The van der Waals surface area contributed by atoms with Crippen LogP contribution in [-0.4, -0.2) is 13.7 Å². The zero-order chi connectivity index (χ0) is 15.2. The molecule has 21 heavy (non-hydrogen) atoms. The lowest BCUT2D eigenvalue weighted by Crippen LogP contribution is -2.23. The molecule has 1 atom stereocenters. The second-order valence-corrected chi connectivity index (χ2v) is 6.59. The molecule has 114 valence electrons. The van der Waals surface area contributed by atoms with E-state index >= 15 is 0 Å². The highest BCUT2D eigenvalue weighted by atomic mass is 35.5. The number of thiophene rings is 1. The smallest absolute Gasteiger partial charge is 0.134 e. The van der Waals surface area contributed by atoms with Crippen molar-refractivity contribution in [2.24, 2.45) is 0 Å². The molecule has 0 amide bonds. The summed E-state index contributed by atoms with van der Waals surface area (Å²) in [5.41, 5.74) is 1.05. The van der Waals surface area contributed by atoms with Crippen LogP contribution in [-0.2, 0) is 6.42 Å². The summed E-state index contributed by atoms with van der Waals surface area (Å²) in [6.07, 6.45) is 1.86. The molecule has 2 nitrogen and oxygen atoms in total. The Hall–Kier alpha value is -0.740. The minimum atomic E-state index is 0.177. The molecule has 0 saturated carbocycles. The molecule has 1 heterocycles. The lowest BCUT2D eigenvalue weighted by Gasteiger charge is -2.19. The lowest BCUT2D eigenvalue weighted by atomic mass is 10.0. The van der Waals surface area contributed by atoms with Crippen molar-refractivity contribution in [3.8, 4) is 5.75 Å². The Balaban J connectivity index is 2.26. The molecule has 1 unspecified atom stereocenters. The molecule has 0 radical (unpaired) electrons. The van der Waals surface area contributed by atoms with Gasteiger partial charge in [0.1, 0.15) is 5.75 Å². The van der Waals surface area contributed by atoms with E-state index in [1.807, 2.05) is 29.6 Å². The fourth-order valence-electron chi connectivity index (χ4n) is 2.23. The molecule has 2 rings (SSSR count). The van der Waals surface area contributed by atoms with Crippen LogP contribution in [0.2, 0.25) is 10.0 Å². The lowest BCUT2D eigenvalue weighted by molar-refractivity contribution is 0.402. The van der Waals surface area contributed by atoms with E-state index < -0.39 is 0 Å². The summed E-state index contributed by atoms with van der Waals surface area (Å²) in [4.78, 5) is 1.20. The Labute approximate surface area is 140 Å². The van der Waals surface area contributed by atoms with Crippen molar-refractivity contribution in [1.29, 1.82) is 0 Å². The molecule has 5 heteroatoms. The zero-order valence-electron chi connectivity index (χ0n) is 12.2. The molecule has 0 bridgehead atoms. The van der Waals surface area contributed by atoms with E-state index in [1.54, 1.807) is 18.4 Å². The molecule has 0 fully saturated rings. The van der Waals surface area contributed by atoms with Gasteiger partial charge in [0.15, 0.2) is 0 Å². The Morgan fingerprint density at radius 1 is 1.29 bits per heavy atom. The Morgan fingerprint density at radius 2 is 2.10 bits per heavy atom. The first-order valence-electron chi connectivity index (χ1n) is 6.94. The molecule has 0 aliphatic heterocycles. The predicted octanol–water partition coefficient (Wildman–Crippen LogP) is 5.35. The summed E-state index contributed by atoms with van der Waals surface area (Å²) in [6.45, 7) is 3.10. The van der Waals surface area contributed by atoms with Crippen LogP contribution in [0.25, 0.3) is 0 Å². The number of halogens is 2. The third-order valence-electron chi connectivity index (χ3n) is 3.27. The van der Waals surface area contributed by atoms with Crippen LogP contribution in [0.15, 0.2) is 29.6 Å². The van der Waals surface area contributed by atoms with Crippen molar-refractivity contribution in [3.63, 3.8) is 0 Å².